The van der Waals surface area contributed by atoms with E-state index in [9.17, 15) is 9.18 Å². The van der Waals surface area contributed by atoms with E-state index in [0.29, 0.717) is 5.56 Å². The summed E-state index contributed by atoms with van der Waals surface area (Å²) in [6.07, 6.45) is 3.15. The van der Waals surface area contributed by atoms with Crippen molar-refractivity contribution in [3.63, 3.8) is 0 Å². The van der Waals surface area contributed by atoms with Crippen LogP contribution < -0.4 is 0 Å². The first-order chi connectivity index (χ1) is 8.52. The molecule has 1 fully saturated rings. The summed E-state index contributed by atoms with van der Waals surface area (Å²) in [6, 6.07) is 3.18. The van der Waals surface area contributed by atoms with Gasteiger partial charge in [-0.25, -0.2) is 4.39 Å². The van der Waals surface area contributed by atoms with Crippen molar-refractivity contribution in [3.05, 3.63) is 33.5 Å². The monoisotopic (exact) mass is 313 g/mol. The zero-order valence-electron chi connectivity index (χ0n) is 10.7. The summed E-state index contributed by atoms with van der Waals surface area (Å²) in [4.78, 5) is 14.3. The molecule has 0 bridgehead atoms. The van der Waals surface area contributed by atoms with Crippen LogP contribution in [0.25, 0.3) is 0 Å². The lowest BCUT2D eigenvalue weighted by Crippen LogP contribution is -2.42. The third-order valence-electron chi connectivity index (χ3n) is 3.63. The summed E-state index contributed by atoms with van der Waals surface area (Å²) in [5.74, 6) is -0.614. The van der Waals surface area contributed by atoms with E-state index in [4.69, 9.17) is 0 Å². The van der Waals surface area contributed by atoms with Gasteiger partial charge in [0, 0.05) is 17.1 Å². The summed E-state index contributed by atoms with van der Waals surface area (Å²) < 4.78 is 14.7. The zero-order valence-corrected chi connectivity index (χ0v) is 12.3. The Kier molecular flexibility index (Phi) is 4.05. The molecule has 1 aliphatic rings. The minimum atomic E-state index is -0.432. The van der Waals surface area contributed by atoms with Crippen molar-refractivity contribution >= 4 is 21.8 Å². The lowest BCUT2D eigenvalue weighted by molar-refractivity contribution is 0.0630. The molecule has 1 aliphatic heterocycles. The number of hydrogen-bond acceptors (Lipinski definition) is 1. The second kappa shape index (κ2) is 5.39. The number of amides is 1. The predicted molar refractivity (Wildman–Crippen MR) is 73.2 cm³/mol. The molecule has 98 valence electrons. The van der Waals surface area contributed by atoms with Gasteiger partial charge >= 0.3 is 0 Å². The molecule has 0 aliphatic carbocycles. The fraction of sp³-hybridized carbons (Fsp3) is 0.500. The minimum absolute atomic E-state index is 0.182. The Hall–Kier alpha value is -0.900. The van der Waals surface area contributed by atoms with Crippen molar-refractivity contribution in [1.82, 2.24) is 4.90 Å². The molecule has 1 aromatic rings. The van der Waals surface area contributed by atoms with Crippen LogP contribution in [0.15, 0.2) is 16.6 Å². The predicted octanol–water partition coefficient (Wildman–Crippen LogP) is 3.91. The lowest BCUT2D eigenvalue weighted by atomic mass is 10.0. The van der Waals surface area contributed by atoms with Gasteiger partial charge in [0.2, 0.25) is 0 Å². The fourth-order valence-electron chi connectivity index (χ4n) is 2.46. The number of halogens is 2. The largest absolute Gasteiger partial charge is 0.336 e. The van der Waals surface area contributed by atoms with E-state index < -0.39 is 5.82 Å². The second-order valence-corrected chi connectivity index (χ2v) is 5.73. The third-order valence-corrected chi connectivity index (χ3v) is 4.48. The van der Waals surface area contributed by atoms with Gasteiger partial charge in [-0.15, -0.1) is 0 Å². The van der Waals surface area contributed by atoms with Gasteiger partial charge in [-0.2, -0.15) is 0 Å². The Bertz CT molecular complexity index is 475. The van der Waals surface area contributed by atoms with Crippen molar-refractivity contribution in [2.24, 2.45) is 0 Å². The molecule has 1 aromatic carbocycles. The first-order valence-corrected chi connectivity index (χ1v) is 7.07. The maximum atomic E-state index is 13.9. The van der Waals surface area contributed by atoms with Crippen molar-refractivity contribution in [2.45, 2.75) is 39.2 Å². The number of carbonyl (C=O) groups excluding carboxylic acids is 1. The second-order valence-electron chi connectivity index (χ2n) is 4.87. The normalized spacial score (nSPS) is 20.0. The van der Waals surface area contributed by atoms with Crippen molar-refractivity contribution in [3.8, 4) is 0 Å². The van der Waals surface area contributed by atoms with E-state index in [0.717, 1.165) is 30.3 Å². The van der Waals surface area contributed by atoms with Gasteiger partial charge < -0.3 is 4.90 Å². The number of benzene rings is 1. The van der Waals surface area contributed by atoms with E-state index in [2.05, 4.69) is 15.9 Å². The average molecular weight is 314 g/mol. The molecular weight excluding hydrogens is 297 g/mol. The topological polar surface area (TPSA) is 20.3 Å². The van der Waals surface area contributed by atoms with Crippen LogP contribution >= 0.6 is 15.9 Å². The van der Waals surface area contributed by atoms with Gasteiger partial charge in [0.1, 0.15) is 5.82 Å². The maximum absolute atomic E-state index is 13.9. The summed E-state index contributed by atoms with van der Waals surface area (Å²) in [5.41, 5.74) is 0.885. The molecule has 0 spiro atoms. The van der Waals surface area contributed by atoms with Gasteiger partial charge in [-0.05, 0) is 50.8 Å². The Morgan fingerprint density at radius 3 is 2.83 bits per heavy atom. The smallest absolute Gasteiger partial charge is 0.257 e. The van der Waals surface area contributed by atoms with Crippen LogP contribution in [0.3, 0.4) is 0 Å². The standard InChI is InChI=1S/C14H17BrFNO/c1-9-5-3-4-8-17(9)14(18)13-10(2)11(15)6-7-12(13)16/h6-7,9H,3-5,8H2,1-2H3. The number of nitrogens with zero attached hydrogens (tertiary/aromatic N) is 1. The molecule has 0 aromatic heterocycles. The number of rotatable bonds is 1. The summed E-state index contributed by atoms with van der Waals surface area (Å²) in [5, 5.41) is 0. The van der Waals surface area contributed by atoms with Crippen LogP contribution in [-0.4, -0.2) is 23.4 Å². The quantitative estimate of drug-likeness (QED) is 0.769. The Labute approximate surface area is 115 Å². The van der Waals surface area contributed by atoms with Crippen LogP contribution in [0.4, 0.5) is 4.39 Å². The number of piperidine rings is 1. The molecule has 1 amide bonds. The van der Waals surface area contributed by atoms with E-state index >= 15 is 0 Å². The number of likely N-dealkylation sites (tertiary alicyclic amines) is 1. The van der Waals surface area contributed by atoms with Crippen molar-refractivity contribution in [2.75, 3.05) is 6.54 Å². The molecule has 2 rings (SSSR count). The Morgan fingerprint density at radius 2 is 2.17 bits per heavy atom. The molecule has 1 unspecified atom stereocenters. The molecule has 0 saturated carbocycles. The summed E-state index contributed by atoms with van der Waals surface area (Å²) in [7, 11) is 0. The van der Waals surface area contributed by atoms with Gasteiger partial charge in [-0.3, -0.25) is 4.79 Å². The van der Waals surface area contributed by atoms with Gasteiger partial charge in [0.15, 0.2) is 0 Å². The van der Waals surface area contributed by atoms with E-state index in [1.807, 2.05) is 6.92 Å². The number of hydrogen-bond donors (Lipinski definition) is 0. The van der Waals surface area contributed by atoms with Crippen molar-refractivity contribution in [1.29, 1.82) is 0 Å². The minimum Gasteiger partial charge on any atom is -0.336 e. The Balaban J connectivity index is 2.36. The van der Waals surface area contributed by atoms with Gasteiger partial charge in [0.05, 0.1) is 5.56 Å². The average Bonchev–Trinajstić information content (AvgIpc) is 2.35. The van der Waals surface area contributed by atoms with Crippen LogP contribution in [0.2, 0.25) is 0 Å². The van der Waals surface area contributed by atoms with Crippen LogP contribution in [0.5, 0.6) is 0 Å². The highest BCUT2D eigenvalue weighted by atomic mass is 79.9. The molecule has 1 heterocycles. The Morgan fingerprint density at radius 1 is 1.44 bits per heavy atom. The maximum Gasteiger partial charge on any atom is 0.257 e. The fourth-order valence-corrected chi connectivity index (χ4v) is 2.79. The first-order valence-electron chi connectivity index (χ1n) is 6.28. The zero-order chi connectivity index (χ0) is 13.3. The van der Waals surface area contributed by atoms with Crippen molar-refractivity contribution < 1.29 is 9.18 Å². The van der Waals surface area contributed by atoms with Crippen LogP contribution in [0.1, 0.15) is 42.1 Å². The highest BCUT2D eigenvalue weighted by molar-refractivity contribution is 9.10. The van der Waals surface area contributed by atoms with Crippen LogP contribution in [-0.2, 0) is 0 Å². The van der Waals surface area contributed by atoms with Gasteiger partial charge in [0.25, 0.3) is 5.91 Å². The molecule has 1 atom stereocenters. The molecule has 18 heavy (non-hydrogen) atoms. The van der Waals surface area contributed by atoms with Crippen LogP contribution in [0, 0.1) is 12.7 Å². The molecule has 0 N–H and O–H groups in total. The number of carbonyl (C=O) groups is 1. The first kappa shape index (κ1) is 13.5. The molecule has 0 radical (unpaired) electrons. The molecule has 2 nitrogen and oxygen atoms in total. The summed E-state index contributed by atoms with van der Waals surface area (Å²) in [6.45, 7) is 4.53. The highest BCUT2D eigenvalue weighted by Crippen LogP contribution is 2.26. The third kappa shape index (κ3) is 2.44. The SMILES string of the molecule is Cc1c(Br)ccc(F)c1C(=O)N1CCCCC1C. The lowest BCUT2D eigenvalue weighted by Gasteiger charge is -2.34. The molecule has 4 heteroatoms. The van der Waals surface area contributed by atoms with Gasteiger partial charge in [-0.1, -0.05) is 15.9 Å². The van der Waals surface area contributed by atoms with E-state index in [1.165, 1.54) is 6.07 Å². The molecular formula is C14H17BrFNO. The summed E-state index contributed by atoms with van der Waals surface area (Å²) >= 11 is 3.35. The van der Waals surface area contributed by atoms with E-state index in [-0.39, 0.29) is 17.5 Å². The molecule has 1 saturated heterocycles. The van der Waals surface area contributed by atoms with E-state index in [1.54, 1.807) is 17.9 Å². The highest BCUT2D eigenvalue weighted by Gasteiger charge is 2.27.